The van der Waals surface area contributed by atoms with Crippen molar-refractivity contribution in [2.45, 2.75) is 6.42 Å². The Morgan fingerprint density at radius 1 is 1.42 bits per heavy atom. The number of rotatable bonds is 7. The number of ether oxygens (including phenoxy) is 1. The van der Waals surface area contributed by atoms with Gasteiger partial charge in [0.1, 0.15) is 11.4 Å². The minimum atomic E-state index is -0.151. The Kier molecular flexibility index (Phi) is 6.11. The highest BCUT2D eigenvalue weighted by Crippen LogP contribution is 2.24. The molecule has 0 fully saturated rings. The van der Waals surface area contributed by atoms with Crippen LogP contribution in [0.1, 0.15) is 16.8 Å². The third-order valence-corrected chi connectivity index (χ3v) is 2.65. The molecule has 0 aliphatic carbocycles. The third-order valence-electron chi connectivity index (χ3n) is 2.65. The van der Waals surface area contributed by atoms with Crippen molar-refractivity contribution < 1.29 is 14.7 Å². The minimum Gasteiger partial charge on any atom is -0.494 e. The Morgan fingerprint density at radius 3 is 2.74 bits per heavy atom. The molecule has 1 rings (SSSR count). The van der Waals surface area contributed by atoms with Gasteiger partial charge in [0.25, 0.3) is 5.91 Å². The average Bonchev–Trinajstić information content (AvgIpc) is 2.42. The molecule has 1 aromatic carbocycles. The Hall–Kier alpha value is -1.79. The van der Waals surface area contributed by atoms with E-state index in [0.717, 1.165) is 13.0 Å². The summed E-state index contributed by atoms with van der Waals surface area (Å²) < 4.78 is 5.07. The van der Waals surface area contributed by atoms with Crippen molar-refractivity contribution in [3.05, 3.63) is 23.8 Å². The van der Waals surface area contributed by atoms with Crippen LogP contribution in [0.25, 0.3) is 0 Å². The van der Waals surface area contributed by atoms with Gasteiger partial charge in [-0.25, -0.2) is 0 Å². The van der Waals surface area contributed by atoms with Crippen LogP contribution in [0.4, 0.5) is 5.69 Å². The molecule has 0 radical (unpaired) electrons. The predicted molar refractivity (Wildman–Crippen MR) is 73.9 cm³/mol. The normalized spacial score (nSPS) is 10.4. The van der Waals surface area contributed by atoms with Crippen LogP contribution in [-0.4, -0.2) is 50.3 Å². The molecule has 6 nitrogen and oxygen atoms in total. The molecule has 0 saturated carbocycles. The number of anilines is 1. The van der Waals surface area contributed by atoms with E-state index in [1.807, 2.05) is 19.6 Å². The summed E-state index contributed by atoms with van der Waals surface area (Å²) in [5.41, 5.74) is 2.94. The first-order valence-electron chi connectivity index (χ1n) is 6.09. The van der Waals surface area contributed by atoms with Crippen molar-refractivity contribution in [3.63, 3.8) is 0 Å². The minimum absolute atomic E-state index is 0.151. The highest BCUT2D eigenvalue weighted by molar-refractivity contribution is 5.95. The number of nitrogens with one attached hydrogen (secondary N) is 2. The van der Waals surface area contributed by atoms with Crippen LogP contribution in [0.3, 0.4) is 0 Å². The van der Waals surface area contributed by atoms with E-state index in [9.17, 15) is 4.79 Å². The number of methoxy groups -OCH3 is 1. The smallest absolute Gasteiger partial charge is 0.251 e. The summed E-state index contributed by atoms with van der Waals surface area (Å²) in [4.78, 5) is 14.0. The maximum atomic E-state index is 11.9. The van der Waals surface area contributed by atoms with E-state index in [1.54, 1.807) is 18.2 Å². The fraction of sp³-hybridized carbons (Fsp3) is 0.462. The standard InChI is InChI=1S/C13H21N3O3/c1-16(2)8-4-7-14-13(17)10-5-6-11(15-18)12(9-10)19-3/h5-6,9,15,18H,4,7-8H2,1-3H3,(H,14,17). The van der Waals surface area contributed by atoms with Crippen molar-refractivity contribution in [3.8, 4) is 5.75 Å². The summed E-state index contributed by atoms with van der Waals surface area (Å²) in [5, 5.41) is 11.7. The van der Waals surface area contributed by atoms with Gasteiger partial charge in [-0.15, -0.1) is 0 Å². The summed E-state index contributed by atoms with van der Waals surface area (Å²) in [6.45, 7) is 1.55. The largest absolute Gasteiger partial charge is 0.494 e. The first kappa shape index (κ1) is 15.3. The molecule has 6 heteroatoms. The van der Waals surface area contributed by atoms with Crippen LogP contribution < -0.4 is 15.5 Å². The zero-order valence-corrected chi connectivity index (χ0v) is 11.6. The number of nitrogens with zero attached hydrogens (tertiary/aromatic N) is 1. The van der Waals surface area contributed by atoms with Gasteiger partial charge in [-0.3, -0.25) is 15.5 Å². The lowest BCUT2D eigenvalue weighted by atomic mass is 10.1. The topological polar surface area (TPSA) is 73.8 Å². The number of carbonyl (C=O) groups is 1. The summed E-state index contributed by atoms with van der Waals surface area (Å²) in [7, 11) is 5.47. The summed E-state index contributed by atoms with van der Waals surface area (Å²) >= 11 is 0. The molecule has 3 N–H and O–H groups in total. The van der Waals surface area contributed by atoms with Crippen LogP contribution in [0.5, 0.6) is 5.75 Å². The van der Waals surface area contributed by atoms with E-state index in [4.69, 9.17) is 9.94 Å². The predicted octanol–water partition coefficient (Wildman–Crippen LogP) is 1.18. The van der Waals surface area contributed by atoms with Crippen molar-refractivity contribution in [1.82, 2.24) is 10.2 Å². The third kappa shape index (κ3) is 4.76. The van der Waals surface area contributed by atoms with Crippen LogP contribution in [-0.2, 0) is 0 Å². The SMILES string of the molecule is COc1cc(C(=O)NCCCN(C)C)ccc1NO. The highest BCUT2D eigenvalue weighted by Gasteiger charge is 2.09. The Bertz CT molecular complexity index is 422. The fourth-order valence-corrected chi connectivity index (χ4v) is 1.62. The molecule has 0 bridgehead atoms. The zero-order chi connectivity index (χ0) is 14.3. The zero-order valence-electron chi connectivity index (χ0n) is 11.6. The van der Waals surface area contributed by atoms with Crippen LogP contribution in [0.2, 0.25) is 0 Å². The maximum Gasteiger partial charge on any atom is 0.251 e. The lowest BCUT2D eigenvalue weighted by Gasteiger charge is -2.11. The van der Waals surface area contributed by atoms with Gasteiger partial charge in [0.2, 0.25) is 0 Å². The quantitative estimate of drug-likeness (QED) is 0.511. The average molecular weight is 267 g/mol. The van der Waals surface area contributed by atoms with Gasteiger partial charge < -0.3 is 15.0 Å². The van der Waals surface area contributed by atoms with Gasteiger partial charge in [-0.2, -0.15) is 0 Å². The second kappa shape index (κ2) is 7.60. The van der Waals surface area contributed by atoms with Gasteiger partial charge in [-0.05, 0) is 45.3 Å². The Balaban J connectivity index is 2.57. The molecular formula is C13H21N3O3. The molecule has 19 heavy (non-hydrogen) atoms. The van der Waals surface area contributed by atoms with Crippen LogP contribution in [0, 0.1) is 0 Å². The monoisotopic (exact) mass is 267 g/mol. The molecule has 0 aliphatic heterocycles. The van der Waals surface area contributed by atoms with Crippen molar-refractivity contribution >= 4 is 11.6 Å². The van der Waals surface area contributed by atoms with Crippen LogP contribution >= 0.6 is 0 Å². The van der Waals surface area contributed by atoms with Crippen LogP contribution in [0.15, 0.2) is 18.2 Å². The van der Waals surface area contributed by atoms with E-state index in [2.05, 4.69) is 10.2 Å². The first-order chi connectivity index (χ1) is 9.08. The van der Waals surface area contributed by atoms with E-state index in [0.29, 0.717) is 23.5 Å². The van der Waals surface area contributed by atoms with Crippen molar-refractivity contribution in [2.75, 3.05) is 39.8 Å². The van der Waals surface area contributed by atoms with Gasteiger partial charge in [0.15, 0.2) is 0 Å². The number of hydrogen-bond donors (Lipinski definition) is 3. The first-order valence-corrected chi connectivity index (χ1v) is 6.09. The van der Waals surface area contributed by atoms with E-state index >= 15 is 0 Å². The number of amides is 1. The molecule has 0 aliphatic rings. The number of hydrogen-bond acceptors (Lipinski definition) is 5. The summed E-state index contributed by atoms with van der Waals surface area (Å²) in [6.07, 6.45) is 0.895. The van der Waals surface area contributed by atoms with E-state index < -0.39 is 0 Å². The molecule has 0 saturated heterocycles. The highest BCUT2D eigenvalue weighted by atomic mass is 16.5. The number of benzene rings is 1. The molecule has 0 aromatic heterocycles. The van der Waals surface area contributed by atoms with Gasteiger partial charge in [-0.1, -0.05) is 0 Å². The molecule has 0 spiro atoms. The second-order valence-electron chi connectivity index (χ2n) is 4.44. The van der Waals surface area contributed by atoms with Gasteiger partial charge in [0, 0.05) is 12.1 Å². The van der Waals surface area contributed by atoms with E-state index in [1.165, 1.54) is 7.11 Å². The molecule has 106 valence electrons. The molecule has 0 heterocycles. The van der Waals surface area contributed by atoms with E-state index in [-0.39, 0.29) is 5.91 Å². The van der Waals surface area contributed by atoms with Gasteiger partial charge in [0.05, 0.1) is 7.11 Å². The fourth-order valence-electron chi connectivity index (χ4n) is 1.62. The molecule has 0 unspecified atom stereocenters. The molecule has 0 atom stereocenters. The summed E-state index contributed by atoms with van der Waals surface area (Å²) in [5.74, 6) is 0.269. The maximum absolute atomic E-state index is 11.9. The van der Waals surface area contributed by atoms with Gasteiger partial charge >= 0.3 is 0 Å². The Labute approximate surface area is 113 Å². The lowest BCUT2D eigenvalue weighted by molar-refractivity contribution is 0.0952. The Morgan fingerprint density at radius 2 is 2.16 bits per heavy atom. The summed E-state index contributed by atoms with van der Waals surface area (Å²) in [6, 6.07) is 4.80. The molecular weight excluding hydrogens is 246 g/mol. The lowest BCUT2D eigenvalue weighted by Crippen LogP contribution is -2.27. The molecule has 1 aromatic rings. The van der Waals surface area contributed by atoms with Crippen molar-refractivity contribution in [1.29, 1.82) is 0 Å². The van der Waals surface area contributed by atoms with Crippen molar-refractivity contribution in [2.24, 2.45) is 0 Å². The molecule has 1 amide bonds. The number of carbonyl (C=O) groups excluding carboxylic acids is 1. The second-order valence-corrected chi connectivity index (χ2v) is 4.44.